The second-order valence-electron chi connectivity index (χ2n) is 7.61. The van der Waals surface area contributed by atoms with Crippen molar-refractivity contribution in [2.24, 2.45) is 23.0 Å². The third-order valence-corrected chi connectivity index (χ3v) is 5.68. The van der Waals surface area contributed by atoms with Crippen LogP contribution in [0.5, 0.6) is 0 Å². The summed E-state index contributed by atoms with van der Waals surface area (Å²) in [5.41, 5.74) is 5.93. The summed E-state index contributed by atoms with van der Waals surface area (Å²) in [6.07, 6.45) is 3.85. The lowest BCUT2D eigenvalue weighted by molar-refractivity contribution is -0.136. The van der Waals surface area contributed by atoms with E-state index in [2.05, 4.69) is 33.0 Å². The monoisotopic (exact) mass is 282 g/mol. The van der Waals surface area contributed by atoms with Crippen molar-refractivity contribution in [2.75, 3.05) is 13.2 Å². The smallest absolute Gasteiger partial charge is 0.224 e. The molecule has 4 atom stereocenters. The van der Waals surface area contributed by atoms with Gasteiger partial charge < -0.3 is 15.8 Å². The van der Waals surface area contributed by atoms with Crippen LogP contribution in [0.2, 0.25) is 0 Å². The van der Waals surface area contributed by atoms with Crippen LogP contribution in [-0.2, 0) is 9.53 Å². The molecule has 4 nitrogen and oxygen atoms in total. The van der Waals surface area contributed by atoms with Crippen LogP contribution < -0.4 is 11.1 Å². The van der Waals surface area contributed by atoms with Gasteiger partial charge >= 0.3 is 0 Å². The van der Waals surface area contributed by atoms with Gasteiger partial charge in [-0.05, 0) is 43.9 Å². The standard InChI is InChI=1S/C16H30N2O2/c1-11-13(17)7-6-12(15(11,2)3)14(19)18-16(4)8-5-9-20-10-16/h11-13H,5-10,17H2,1-4H3,(H,18,19). The summed E-state index contributed by atoms with van der Waals surface area (Å²) in [5, 5.41) is 3.25. The first-order valence-corrected chi connectivity index (χ1v) is 7.92. The van der Waals surface area contributed by atoms with E-state index < -0.39 is 0 Å². The van der Waals surface area contributed by atoms with Gasteiger partial charge in [0.25, 0.3) is 0 Å². The molecule has 0 radical (unpaired) electrons. The molecule has 2 fully saturated rings. The van der Waals surface area contributed by atoms with Crippen molar-refractivity contribution in [1.29, 1.82) is 0 Å². The van der Waals surface area contributed by atoms with Gasteiger partial charge in [0.05, 0.1) is 12.1 Å². The summed E-state index contributed by atoms with van der Waals surface area (Å²) in [5.74, 6) is 0.597. The number of rotatable bonds is 2. The molecule has 2 aliphatic rings. The second-order valence-corrected chi connectivity index (χ2v) is 7.61. The predicted molar refractivity (Wildman–Crippen MR) is 80.2 cm³/mol. The lowest BCUT2D eigenvalue weighted by atomic mass is 9.60. The lowest BCUT2D eigenvalue weighted by Crippen LogP contribution is -2.57. The molecule has 4 unspecified atom stereocenters. The highest BCUT2D eigenvalue weighted by Crippen LogP contribution is 2.44. The highest BCUT2D eigenvalue weighted by molar-refractivity contribution is 5.80. The van der Waals surface area contributed by atoms with Crippen LogP contribution in [0.3, 0.4) is 0 Å². The van der Waals surface area contributed by atoms with E-state index in [1.807, 2.05) is 0 Å². The molecule has 0 aromatic rings. The molecule has 1 aliphatic heterocycles. The molecular weight excluding hydrogens is 252 g/mol. The first-order chi connectivity index (χ1) is 9.26. The van der Waals surface area contributed by atoms with Crippen molar-refractivity contribution in [1.82, 2.24) is 5.32 Å². The zero-order valence-corrected chi connectivity index (χ0v) is 13.4. The number of amides is 1. The SMILES string of the molecule is CC1C(N)CCC(C(=O)NC2(C)CCCOC2)C1(C)C. The predicted octanol–water partition coefficient (Wildman–Crippen LogP) is 2.07. The van der Waals surface area contributed by atoms with Crippen molar-refractivity contribution < 1.29 is 9.53 Å². The van der Waals surface area contributed by atoms with Gasteiger partial charge in [0.15, 0.2) is 0 Å². The van der Waals surface area contributed by atoms with Crippen LogP contribution in [0.4, 0.5) is 0 Å². The molecule has 0 aromatic heterocycles. The number of ether oxygens (including phenoxy) is 1. The van der Waals surface area contributed by atoms with Crippen LogP contribution in [0, 0.1) is 17.3 Å². The number of hydrogen-bond donors (Lipinski definition) is 2. The molecule has 2 rings (SSSR count). The Labute approximate surface area is 122 Å². The van der Waals surface area contributed by atoms with Crippen molar-refractivity contribution >= 4 is 5.91 Å². The van der Waals surface area contributed by atoms with E-state index in [4.69, 9.17) is 10.5 Å². The molecule has 0 bridgehead atoms. The Morgan fingerprint density at radius 3 is 2.60 bits per heavy atom. The van der Waals surface area contributed by atoms with E-state index in [0.29, 0.717) is 12.5 Å². The fraction of sp³-hybridized carbons (Fsp3) is 0.938. The molecular formula is C16H30N2O2. The molecule has 4 heteroatoms. The summed E-state index contributed by atoms with van der Waals surface area (Å²) >= 11 is 0. The Kier molecular flexibility index (Phi) is 4.45. The minimum Gasteiger partial charge on any atom is -0.379 e. The molecule has 20 heavy (non-hydrogen) atoms. The minimum absolute atomic E-state index is 0.0480. The third kappa shape index (κ3) is 3.01. The second kappa shape index (κ2) is 5.64. The van der Waals surface area contributed by atoms with Gasteiger partial charge in [-0.15, -0.1) is 0 Å². The molecule has 1 amide bonds. The van der Waals surface area contributed by atoms with Gasteiger partial charge in [-0.1, -0.05) is 20.8 Å². The van der Waals surface area contributed by atoms with Crippen molar-refractivity contribution in [2.45, 2.75) is 65.0 Å². The average Bonchev–Trinajstić information content (AvgIpc) is 2.36. The minimum atomic E-state index is -0.200. The lowest BCUT2D eigenvalue weighted by Gasteiger charge is -2.47. The number of nitrogens with two attached hydrogens (primary N) is 1. The Bertz CT molecular complexity index is 361. The van der Waals surface area contributed by atoms with Gasteiger partial charge in [0.1, 0.15) is 0 Å². The van der Waals surface area contributed by atoms with Crippen molar-refractivity contribution in [3.05, 3.63) is 0 Å². The largest absolute Gasteiger partial charge is 0.379 e. The van der Waals surface area contributed by atoms with Gasteiger partial charge in [-0.2, -0.15) is 0 Å². The third-order valence-electron chi connectivity index (χ3n) is 5.68. The van der Waals surface area contributed by atoms with E-state index >= 15 is 0 Å². The molecule has 116 valence electrons. The van der Waals surface area contributed by atoms with Gasteiger partial charge in [-0.3, -0.25) is 4.79 Å². The molecule has 1 aliphatic carbocycles. The van der Waals surface area contributed by atoms with Gasteiger partial charge in [-0.25, -0.2) is 0 Å². The fourth-order valence-corrected chi connectivity index (χ4v) is 3.74. The molecule has 1 heterocycles. The number of nitrogens with one attached hydrogen (secondary N) is 1. The van der Waals surface area contributed by atoms with Crippen molar-refractivity contribution in [3.8, 4) is 0 Å². The number of hydrogen-bond acceptors (Lipinski definition) is 3. The Morgan fingerprint density at radius 1 is 1.30 bits per heavy atom. The molecule has 0 spiro atoms. The van der Waals surface area contributed by atoms with E-state index in [1.54, 1.807) is 0 Å². The fourth-order valence-electron chi connectivity index (χ4n) is 3.74. The van der Waals surface area contributed by atoms with E-state index in [0.717, 1.165) is 32.3 Å². The van der Waals surface area contributed by atoms with Gasteiger partial charge in [0, 0.05) is 18.6 Å². The number of carbonyl (C=O) groups is 1. The topological polar surface area (TPSA) is 64.4 Å². The molecule has 1 saturated heterocycles. The molecule has 1 saturated carbocycles. The maximum Gasteiger partial charge on any atom is 0.224 e. The first-order valence-electron chi connectivity index (χ1n) is 7.92. The van der Waals surface area contributed by atoms with Crippen LogP contribution in [0.15, 0.2) is 0 Å². The van der Waals surface area contributed by atoms with Crippen LogP contribution in [0.1, 0.15) is 53.4 Å². The summed E-state index contributed by atoms with van der Waals surface area (Å²) in [4.78, 5) is 12.7. The Balaban J connectivity index is 2.05. The Morgan fingerprint density at radius 2 is 2.00 bits per heavy atom. The highest BCUT2D eigenvalue weighted by Gasteiger charge is 2.46. The quantitative estimate of drug-likeness (QED) is 0.815. The summed E-state index contributed by atoms with van der Waals surface area (Å²) in [6.45, 7) is 10.1. The highest BCUT2D eigenvalue weighted by atomic mass is 16.5. The molecule has 0 aromatic carbocycles. The average molecular weight is 282 g/mol. The van der Waals surface area contributed by atoms with Crippen LogP contribution in [-0.4, -0.2) is 30.7 Å². The Hall–Kier alpha value is -0.610. The zero-order valence-electron chi connectivity index (χ0n) is 13.4. The maximum absolute atomic E-state index is 12.7. The molecule has 3 N–H and O–H groups in total. The maximum atomic E-state index is 12.7. The van der Waals surface area contributed by atoms with Gasteiger partial charge in [0.2, 0.25) is 5.91 Å². The van der Waals surface area contributed by atoms with Crippen LogP contribution in [0.25, 0.3) is 0 Å². The van der Waals surface area contributed by atoms with E-state index in [9.17, 15) is 4.79 Å². The van der Waals surface area contributed by atoms with E-state index in [-0.39, 0.29) is 28.8 Å². The van der Waals surface area contributed by atoms with Crippen molar-refractivity contribution in [3.63, 3.8) is 0 Å². The summed E-state index contributed by atoms with van der Waals surface area (Å²) in [7, 11) is 0. The normalized spacial score (nSPS) is 41.1. The van der Waals surface area contributed by atoms with E-state index in [1.165, 1.54) is 0 Å². The zero-order chi connectivity index (χ0) is 15.0. The van der Waals surface area contributed by atoms with Crippen LogP contribution >= 0.6 is 0 Å². The number of carbonyl (C=O) groups excluding carboxylic acids is 1. The first kappa shape index (κ1) is 15.8. The summed E-state index contributed by atoms with van der Waals surface area (Å²) < 4.78 is 5.53. The summed E-state index contributed by atoms with van der Waals surface area (Å²) in [6, 6.07) is 0.211.